The molecule has 1 N–H and O–H groups in total. The maximum atomic E-state index is 9.77. The third-order valence-electron chi connectivity index (χ3n) is 7.46. The van der Waals surface area contributed by atoms with Crippen molar-refractivity contribution in [3.63, 3.8) is 0 Å². The van der Waals surface area contributed by atoms with Crippen molar-refractivity contribution in [2.45, 2.75) is 57.7 Å². The molecule has 0 bridgehead atoms. The maximum absolute atomic E-state index is 9.77. The zero-order valence-electron chi connectivity index (χ0n) is 19.8. The van der Waals surface area contributed by atoms with E-state index in [0.717, 1.165) is 49.1 Å². The van der Waals surface area contributed by atoms with Gasteiger partial charge in [-0.3, -0.25) is 4.90 Å². The Morgan fingerprint density at radius 2 is 2.11 bits per heavy atom. The molecule has 1 aliphatic carbocycles. The summed E-state index contributed by atoms with van der Waals surface area (Å²) in [6.07, 6.45) is 8.17. The molecule has 3 heterocycles. The molecule has 35 heavy (non-hydrogen) atoms. The standard InChI is InChI=1S/C26H28Cl2N6O/c1-15-10-17(5-8-24(15)33-9-3-4-19(33)14-35)23-13-30-25-22(12-29)32-34(26(25)31-23)16(2)20-7-6-18(27)11-21(20)28/h6-7,10-11,13,15-16,19,24,35H,3-5,8-9,14H2,1-2H3/t15-,16-,19+,24?/m1/s1. The fourth-order valence-corrected chi connectivity index (χ4v) is 6.20. The van der Waals surface area contributed by atoms with Crippen molar-refractivity contribution in [2.24, 2.45) is 5.92 Å². The molecule has 0 amide bonds. The lowest BCUT2D eigenvalue weighted by Crippen LogP contribution is -2.45. The minimum absolute atomic E-state index is 0.225. The van der Waals surface area contributed by atoms with E-state index in [1.165, 1.54) is 0 Å². The van der Waals surface area contributed by atoms with E-state index in [2.05, 4.69) is 34.1 Å². The Balaban J connectivity index is 1.50. The highest BCUT2D eigenvalue weighted by Crippen LogP contribution is 2.36. The number of nitriles is 1. The minimum Gasteiger partial charge on any atom is -0.395 e. The van der Waals surface area contributed by atoms with Crippen molar-refractivity contribution < 1.29 is 5.11 Å². The number of nitrogens with zero attached hydrogens (tertiary/aromatic N) is 6. The van der Waals surface area contributed by atoms with E-state index in [0.29, 0.717) is 33.2 Å². The summed E-state index contributed by atoms with van der Waals surface area (Å²) in [5.74, 6) is 0.342. The topological polar surface area (TPSA) is 90.9 Å². The fraction of sp³-hybridized carbons (Fsp3) is 0.462. The molecular formula is C26H28Cl2N6O. The smallest absolute Gasteiger partial charge is 0.190 e. The fourth-order valence-electron chi connectivity index (χ4n) is 5.63. The van der Waals surface area contributed by atoms with Gasteiger partial charge in [0.05, 0.1) is 24.5 Å². The summed E-state index contributed by atoms with van der Waals surface area (Å²) < 4.78 is 1.73. The molecule has 5 rings (SSSR count). The number of aliphatic hydroxyl groups excluding tert-OH is 1. The lowest BCUT2D eigenvalue weighted by molar-refractivity contribution is 0.0950. The van der Waals surface area contributed by atoms with Crippen LogP contribution < -0.4 is 0 Å². The average Bonchev–Trinajstić information content (AvgIpc) is 3.47. The van der Waals surface area contributed by atoms with Gasteiger partial charge in [-0.1, -0.05) is 42.3 Å². The summed E-state index contributed by atoms with van der Waals surface area (Å²) in [6.45, 7) is 5.49. The predicted octanol–water partition coefficient (Wildman–Crippen LogP) is 5.25. The van der Waals surface area contributed by atoms with Gasteiger partial charge in [-0.15, -0.1) is 0 Å². The van der Waals surface area contributed by atoms with E-state index in [1.807, 2.05) is 13.0 Å². The van der Waals surface area contributed by atoms with E-state index in [1.54, 1.807) is 23.0 Å². The van der Waals surface area contributed by atoms with Gasteiger partial charge in [0, 0.05) is 22.1 Å². The van der Waals surface area contributed by atoms with Crippen LogP contribution in [0.1, 0.15) is 62.5 Å². The van der Waals surface area contributed by atoms with Crippen LogP contribution in [0.5, 0.6) is 0 Å². The van der Waals surface area contributed by atoms with E-state index >= 15 is 0 Å². The quantitative estimate of drug-likeness (QED) is 0.503. The van der Waals surface area contributed by atoms with E-state index < -0.39 is 0 Å². The van der Waals surface area contributed by atoms with Crippen LogP contribution in [0.15, 0.2) is 30.5 Å². The molecule has 0 radical (unpaired) electrons. The van der Waals surface area contributed by atoms with Crippen LogP contribution >= 0.6 is 23.2 Å². The van der Waals surface area contributed by atoms with E-state index in [4.69, 9.17) is 28.2 Å². The Morgan fingerprint density at radius 3 is 2.83 bits per heavy atom. The molecule has 4 atom stereocenters. The number of aromatic nitrogens is 4. The highest BCUT2D eigenvalue weighted by atomic mass is 35.5. The normalized spacial score (nSPS) is 23.9. The average molecular weight is 511 g/mol. The van der Waals surface area contributed by atoms with Gasteiger partial charge in [-0.05, 0) is 68.3 Å². The molecule has 0 spiro atoms. The van der Waals surface area contributed by atoms with Gasteiger partial charge in [-0.2, -0.15) is 10.4 Å². The van der Waals surface area contributed by atoms with Crippen LogP contribution in [-0.4, -0.2) is 55.0 Å². The first kappa shape index (κ1) is 24.2. The molecule has 1 saturated heterocycles. The van der Waals surface area contributed by atoms with Crippen LogP contribution in [0.4, 0.5) is 0 Å². The van der Waals surface area contributed by atoms with Crippen LogP contribution in [-0.2, 0) is 0 Å². The van der Waals surface area contributed by atoms with Crippen molar-refractivity contribution in [3.8, 4) is 6.07 Å². The van der Waals surface area contributed by atoms with Crippen LogP contribution in [0.25, 0.3) is 16.7 Å². The summed E-state index contributed by atoms with van der Waals surface area (Å²) in [5.41, 5.74) is 4.10. The molecule has 182 valence electrons. The number of aliphatic hydroxyl groups is 1. The molecule has 2 aromatic heterocycles. The third kappa shape index (κ3) is 4.45. The molecule has 7 nitrogen and oxygen atoms in total. The second kappa shape index (κ2) is 9.87. The highest BCUT2D eigenvalue weighted by molar-refractivity contribution is 6.35. The number of fused-ring (bicyclic) bond motifs is 1. The minimum atomic E-state index is -0.261. The Bertz CT molecular complexity index is 1330. The number of halogens is 2. The second-order valence-corrected chi connectivity index (χ2v) is 10.4. The number of hydrogen-bond donors (Lipinski definition) is 1. The zero-order valence-corrected chi connectivity index (χ0v) is 21.3. The monoisotopic (exact) mass is 510 g/mol. The van der Waals surface area contributed by atoms with Crippen molar-refractivity contribution in [1.82, 2.24) is 24.6 Å². The highest BCUT2D eigenvalue weighted by Gasteiger charge is 2.34. The SMILES string of the molecule is C[C@@H]1C=C(c2cnc3c(C#N)nn([C@H](C)c4ccc(Cl)cc4Cl)c3n2)CCC1N1CCC[C@H]1CO. The molecule has 0 saturated carbocycles. The van der Waals surface area contributed by atoms with Crippen LogP contribution in [0.2, 0.25) is 10.0 Å². The number of rotatable bonds is 5. The summed E-state index contributed by atoms with van der Waals surface area (Å²) >= 11 is 12.5. The number of benzene rings is 1. The van der Waals surface area contributed by atoms with Gasteiger partial charge in [0.15, 0.2) is 11.3 Å². The number of hydrogen-bond acceptors (Lipinski definition) is 6. The van der Waals surface area contributed by atoms with Crippen LogP contribution in [0, 0.1) is 17.2 Å². The van der Waals surface area contributed by atoms with Crippen molar-refractivity contribution in [2.75, 3.05) is 13.2 Å². The van der Waals surface area contributed by atoms with Gasteiger partial charge in [0.2, 0.25) is 0 Å². The second-order valence-electron chi connectivity index (χ2n) is 9.55. The Labute approximate surface area is 215 Å². The molecule has 9 heteroatoms. The first-order valence-electron chi connectivity index (χ1n) is 12.1. The lowest BCUT2D eigenvalue weighted by Gasteiger charge is -2.38. The first-order chi connectivity index (χ1) is 16.9. The van der Waals surface area contributed by atoms with E-state index in [-0.39, 0.29) is 24.4 Å². The summed E-state index contributed by atoms with van der Waals surface area (Å²) in [7, 11) is 0. The van der Waals surface area contributed by atoms with E-state index in [9.17, 15) is 10.4 Å². The van der Waals surface area contributed by atoms with Gasteiger partial charge < -0.3 is 5.11 Å². The largest absolute Gasteiger partial charge is 0.395 e. The molecular weight excluding hydrogens is 483 g/mol. The Kier molecular flexibility index (Phi) is 6.82. The summed E-state index contributed by atoms with van der Waals surface area (Å²) in [6, 6.07) is 7.95. The van der Waals surface area contributed by atoms with Gasteiger partial charge in [0.25, 0.3) is 0 Å². The van der Waals surface area contributed by atoms with Crippen LogP contribution in [0.3, 0.4) is 0 Å². The van der Waals surface area contributed by atoms with Crippen molar-refractivity contribution >= 4 is 39.9 Å². The summed E-state index contributed by atoms with van der Waals surface area (Å²) in [5, 5.41) is 25.0. The molecule has 2 aliphatic rings. The molecule has 1 aromatic carbocycles. The lowest BCUT2D eigenvalue weighted by atomic mass is 9.84. The number of likely N-dealkylation sites (tertiary alicyclic amines) is 1. The molecule has 3 aromatic rings. The third-order valence-corrected chi connectivity index (χ3v) is 8.02. The predicted molar refractivity (Wildman–Crippen MR) is 137 cm³/mol. The van der Waals surface area contributed by atoms with Crippen molar-refractivity contribution in [3.05, 3.63) is 57.5 Å². The molecule has 1 unspecified atom stereocenters. The van der Waals surface area contributed by atoms with Gasteiger partial charge >= 0.3 is 0 Å². The molecule has 1 aliphatic heterocycles. The Hall–Kier alpha value is -2.50. The van der Waals surface area contributed by atoms with Gasteiger partial charge in [0.1, 0.15) is 11.6 Å². The maximum Gasteiger partial charge on any atom is 0.190 e. The van der Waals surface area contributed by atoms with Gasteiger partial charge in [-0.25, -0.2) is 14.6 Å². The summed E-state index contributed by atoms with van der Waals surface area (Å²) in [4.78, 5) is 12.0. The zero-order chi connectivity index (χ0) is 24.7. The number of allylic oxidation sites excluding steroid dienone is 1. The Morgan fingerprint density at radius 1 is 1.29 bits per heavy atom. The van der Waals surface area contributed by atoms with Crippen molar-refractivity contribution in [1.29, 1.82) is 5.26 Å². The first-order valence-corrected chi connectivity index (χ1v) is 12.8. The molecule has 1 fully saturated rings.